The molecule has 1 atom stereocenters. The summed E-state index contributed by atoms with van der Waals surface area (Å²) in [5.41, 5.74) is 16.4. The van der Waals surface area contributed by atoms with Crippen LogP contribution in [0.4, 0.5) is 17.1 Å². The topological polar surface area (TPSA) is 8.17 Å². The van der Waals surface area contributed by atoms with E-state index in [1.54, 1.807) is 0 Å². The Morgan fingerprint density at radius 3 is 2.13 bits per heavy atom. The first-order chi connectivity index (χ1) is 25.6. The third-order valence-electron chi connectivity index (χ3n) is 11.6. The molecule has 2 heteroatoms. The Hall–Kier alpha value is -6.38. The average Bonchev–Trinajstić information content (AvgIpc) is 3.70. The molecule has 2 aliphatic carbocycles. The number of para-hydroxylation sites is 1. The van der Waals surface area contributed by atoms with E-state index in [2.05, 4.69) is 187 Å². The van der Waals surface area contributed by atoms with Crippen LogP contribution in [0.15, 0.2) is 158 Å². The highest BCUT2D eigenvalue weighted by Crippen LogP contribution is 2.50. The third-order valence-corrected chi connectivity index (χ3v) is 11.6. The first kappa shape index (κ1) is 29.4. The Morgan fingerprint density at radius 2 is 1.29 bits per heavy atom. The maximum absolute atomic E-state index is 2.55. The van der Waals surface area contributed by atoms with Crippen LogP contribution in [-0.2, 0) is 6.42 Å². The summed E-state index contributed by atoms with van der Waals surface area (Å²) < 4.78 is 2.55. The highest BCUT2D eigenvalue weighted by atomic mass is 15.1. The van der Waals surface area contributed by atoms with Crippen molar-refractivity contribution in [2.45, 2.75) is 20.3 Å². The first-order valence-electron chi connectivity index (χ1n) is 18.4. The van der Waals surface area contributed by atoms with E-state index in [-0.39, 0.29) is 0 Å². The molecule has 0 saturated heterocycles. The summed E-state index contributed by atoms with van der Waals surface area (Å²) in [5.74, 6) is 0.531. The molecule has 1 aromatic heterocycles. The summed E-state index contributed by atoms with van der Waals surface area (Å²) in [6.07, 6.45) is 5.81. The minimum absolute atomic E-state index is 0.531. The number of benzene rings is 8. The van der Waals surface area contributed by atoms with Gasteiger partial charge >= 0.3 is 0 Å². The van der Waals surface area contributed by atoms with Gasteiger partial charge in [-0.25, -0.2) is 0 Å². The molecule has 0 N–H and O–H groups in total. The zero-order chi connectivity index (χ0) is 34.5. The Bertz CT molecular complexity index is 2960. The van der Waals surface area contributed by atoms with Gasteiger partial charge in [0.1, 0.15) is 0 Å². The van der Waals surface area contributed by atoms with Gasteiger partial charge in [-0.15, -0.1) is 0 Å². The van der Waals surface area contributed by atoms with Crippen LogP contribution < -0.4 is 4.90 Å². The molecular formula is C50H36N2. The zero-order valence-electron chi connectivity index (χ0n) is 29.3. The number of rotatable bonds is 4. The molecule has 8 aromatic carbocycles. The average molecular weight is 665 g/mol. The first-order valence-corrected chi connectivity index (χ1v) is 18.4. The Balaban J connectivity index is 1.20. The highest BCUT2D eigenvalue weighted by Gasteiger charge is 2.26. The Labute approximate surface area is 303 Å². The molecule has 0 radical (unpaired) electrons. The molecular weight excluding hydrogens is 629 g/mol. The molecule has 52 heavy (non-hydrogen) atoms. The fourth-order valence-corrected chi connectivity index (χ4v) is 9.19. The molecule has 0 saturated carbocycles. The molecule has 0 spiro atoms. The van der Waals surface area contributed by atoms with Crippen molar-refractivity contribution in [2.75, 3.05) is 4.90 Å². The monoisotopic (exact) mass is 664 g/mol. The van der Waals surface area contributed by atoms with Gasteiger partial charge in [0.15, 0.2) is 0 Å². The van der Waals surface area contributed by atoms with Gasteiger partial charge in [0, 0.05) is 33.4 Å². The molecule has 0 fully saturated rings. The van der Waals surface area contributed by atoms with Crippen LogP contribution in [-0.4, -0.2) is 4.57 Å². The van der Waals surface area contributed by atoms with E-state index in [9.17, 15) is 0 Å². The molecule has 2 aliphatic rings. The molecule has 0 amide bonds. The van der Waals surface area contributed by atoms with Crippen molar-refractivity contribution in [1.82, 2.24) is 4.57 Å². The van der Waals surface area contributed by atoms with Crippen molar-refractivity contribution in [3.63, 3.8) is 0 Å². The third kappa shape index (κ3) is 4.18. The van der Waals surface area contributed by atoms with Crippen molar-refractivity contribution < 1.29 is 0 Å². The van der Waals surface area contributed by atoms with Crippen LogP contribution in [0.1, 0.15) is 23.6 Å². The predicted molar refractivity (Wildman–Crippen MR) is 222 cm³/mol. The summed E-state index contributed by atoms with van der Waals surface area (Å²) in [5, 5.41) is 7.73. The summed E-state index contributed by atoms with van der Waals surface area (Å²) in [7, 11) is 0. The van der Waals surface area contributed by atoms with E-state index >= 15 is 0 Å². The van der Waals surface area contributed by atoms with Crippen LogP contribution in [0.2, 0.25) is 0 Å². The van der Waals surface area contributed by atoms with Crippen LogP contribution >= 0.6 is 0 Å². The van der Waals surface area contributed by atoms with Gasteiger partial charge in [0.2, 0.25) is 0 Å². The largest absolute Gasteiger partial charge is 0.310 e. The minimum Gasteiger partial charge on any atom is -0.310 e. The second-order valence-corrected chi connectivity index (χ2v) is 14.7. The fraction of sp³-hybridized carbons (Fsp3) is 0.0800. The lowest BCUT2D eigenvalue weighted by atomic mass is 9.89. The second-order valence-electron chi connectivity index (χ2n) is 14.7. The van der Waals surface area contributed by atoms with Gasteiger partial charge in [0.25, 0.3) is 0 Å². The van der Waals surface area contributed by atoms with E-state index in [1.165, 1.54) is 93.7 Å². The lowest BCUT2D eigenvalue weighted by Gasteiger charge is -2.28. The van der Waals surface area contributed by atoms with Gasteiger partial charge in [0.05, 0.1) is 16.7 Å². The maximum atomic E-state index is 2.55. The highest BCUT2D eigenvalue weighted by molar-refractivity contribution is 6.17. The van der Waals surface area contributed by atoms with Gasteiger partial charge in [-0.2, -0.15) is 0 Å². The molecule has 0 aliphatic heterocycles. The minimum atomic E-state index is 0.531. The van der Waals surface area contributed by atoms with Crippen LogP contribution in [0.5, 0.6) is 0 Å². The zero-order valence-corrected chi connectivity index (χ0v) is 29.3. The van der Waals surface area contributed by atoms with Gasteiger partial charge in [-0.05, 0) is 117 Å². The number of fused-ring (bicyclic) bond motifs is 9. The summed E-state index contributed by atoms with van der Waals surface area (Å²) in [6.45, 7) is 4.63. The quantitative estimate of drug-likeness (QED) is 0.182. The predicted octanol–water partition coefficient (Wildman–Crippen LogP) is 13.7. The van der Waals surface area contributed by atoms with Gasteiger partial charge in [-0.1, -0.05) is 128 Å². The van der Waals surface area contributed by atoms with E-state index < -0.39 is 0 Å². The maximum Gasteiger partial charge on any atom is 0.0616 e. The normalized spacial score (nSPS) is 14.4. The molecule has 1 heterocycles. The van der Waals surface area contributed by atoms with Crippen molar-refractivity contribution in [3.8, 4) is 27.9 Å². The number of hydrogen-bond acceptors (Lipinski definition) is 1. The SMILES string of the molecule is Cc1c(N(c2ccccc2)c2ccc3c(c2)-c2cccc4cccc-3c24)ccc2c3ccc4c(c3n(-c3ccc5ccccc5c3)c12)C=CC(C)C4. The number of anilines is 3. The lowest BCUT2D eigenvalue weighted by molar-refractivity contribution is 0.718. The van der Waals surface area contributed by atoms with Gasteiger partial charge < -0.3 is 9.47 Å². The van der Waals surface area contributed by atoms with Crippen molar-refractivity contribution in [2.24, 2.45) is 5.92 Å². The number of aromatic nitrogens is 1. The van der Waals surface area contributed by atoms with Gasteiger partial charge in [-0.3, -0.25) is 0 Å². The number of nitrogens with zero attached hydrogens (tertiary/aromatic N) is 2. The van der Waals surface area contributed by atoms with Crippen LogP contribution in [0.25, 0.3) is 77.4 Å². The molecule has 11 rings (SSSR count). The number of allylic oxidation sites excluding steroid dienone is 1. The Kier molecular flexibility index (Phi) is 6.24. The summed E-state index contributed by atoms with van der Waals surface area (Å²) >= 11 is 0. The smallest absolute Gasteiger partial charge is 0.0616 e. The van der Waals surface area contributed by atoms with E-state index in [0.29, 0.717) is 5.92 Å². The number of aryl methyl sites for hydroxylation is 1. The fourth-order valence-electron chi connectivity index (χ4n) is 9.19. The van der Waals surface area contributed by atoms with Crippen LogP contribution in [0, 0.1) is 12.8 Å². The second kappa shape index (κ2) is 11.1. The van der Waals surface area contributed by atoms with Crippen molar-refractivity contribution in [3.05, 3.63) is 174 Å². The van der Waals surface area contributed by atoms with Crippen LogP contribution in [0.3, 0.4) is 0 Å². The lowest BCUT2D eigenvalue weighted by Crippen LogP contribution is -2.12. The van der Waals surface area contributed by atoms with E-state index in [4.69, 9.17) is 0 Å². The summed E-state index contributed by atoms with van der Waals surface area (Å²) in [4.78, 5) is 2.46. The molecule has 246 valence electrons. The van der Waals surface area contributed by atoms with Crippen molar-refractivity contribution >= 4 is 66.5 Å². The standard InChI is InChI=1S/C50H36N2/c1-31-18-23-40-36(28-31)20-24-45-44-26-27-47(32(2)49(44)52(50(40)45)38-21-19-33-10-6-7-11-35(33)29-38)51(37-14-4-3-5-15-37)39-22-25-41-42-16-8-12-34-13-9-17-43(48(34)42)46(41)30-39/h3-27,29-31H,28H2,1-2H3. The molecule has 1 unspecified atom stereocenters. The Morgan fingerprint density at radius 1 is 0.558 bits per heavy atom. The van der Waals surface area contributed by atoms with Crippen molar-refractivity contribution in [1.29, 1.82) is 0 Å². The number of hydrogen-bond donors (Lipinski definition) is 0. The van der Waals surface area contributed by atoms with E-state index in [1.807, 2.05) is 0 Å². The molecule has 0 bridgehead atoms. The molecule has 9 aromatic rings. The van der Waals surface area contributed by atoms with E-state index in [0.717, 1.165) is 17.8 Å². The summed E-state index contributed by atoms with van der Waals surface area (Å²) in [6, 6.07) is 56.3. The molecule has 2 nitrogen and oxygen atoms in total.